The number of nitrogens with two attached hydrogens (primary N) is 1. The molecule has 2 rings (SSSR count). The summed E-state index contributed by atoms with van der Waals surface area (Å²) >= 11 is 0. The Bertz CT molecular complexity index is 627. The first-order valence-corrected chi connectivity index (χ1v) is 7.24. The molecule has 0 unspecified atom stereocenters. The molecule has 6 nitrogen and oxygen atoms in total. The summed E-state index contributed by atoms with van der Waals surface area (Å²) in [5.74, 6) is 2.79. The molecule has 0 fully saturated rings. The van der Waals surface area contributed by atoms with Crippen molar-refractivity contribution in [2.45, 2.75) is 53.1 Å². The lowest BCUT2D eigenvalue weighted by Crippen LogP contribution is -2.24. The lowest BCUT2D eigenvalue weighted by atomic mass is 10.2. The van der Waals surface area contributed by atoms with Gasteiger partial charge in [0.1, 0.15) is 11.4 Å². The normalized spacial score (nSPS) is 11.7. The van der Waals surface area contributed by atoms with Crippen LogP contribution in [0.2, 0.25) is 0 Å². The van der Waals surface area contributed by atoms with Crippen LogP contribution in [0.1, 0.15) is 46.3 Å². The van der Waals surface area contributed by atoms with E-state index in [4.69, 9.17) is 10.5 Å². The number of nitrogens with zero attached hydrogens (tertiary/aromatic N) is 4. The van der Waals surface area contributed by atoms with Crippen molar-refractivity contribution in [1.29, 1.82) is 0 Å². The van der Waals surface area contributed by atoms with Crippen molar-refractivity contribution in [2.24, 2.45) is 0 Å². The topological polar surface area (TPSA) is 78.9 Å². The molecule has 0 saturated heterocycles. The number of anilines is 1. The lowest BCUT2D eigenvalue weighted by Gasteiger charge is -2.21. The molecular weight excluding hydrogens is 266 g/mol. The van der Waals surface area contributed by atoms with E-state index in [1.54, 1.807) is 10.7 Å². The molecule has 0 saturated carbocycles. The Labute approximate surface area is 125 Å². The van der Waals surface area contributed by atoms with Crippen LogP contribution < -0.4 is 10.5 Å². The van der Waals surface area contributed by atoms with Crippen LogP contribution in [0.3, 0.4) is 0 Å². The minimum atomic E-state index is -0.357. The predicted octanol–water partition coefficient (Wildman–Crippen LogP) is 2.55. The monoisotopic (exact) mass is 289 g/mol. The second kappa shape index (κ2) is 5.71. The molecule has 2 heterocycles. The first kappa shape index (κ1) is 15.3. The van der Waals surface area contributed by atoms with Crippen molar-refractivity contribution in [2.75, 3.05) is 5.73 Å². The zero-order valence-electron chi connectivity index (χ0n) is 13.3. The van der Waals surface area contributed by atoms with Crippen LogP contribution in [0.25, 0.3) is 5.82 Å². The van der Waals surface area contributed by atoms with Gasteiger partial charge in [-0.15, -0.1) is 5.10 Å². The van der Waals surface area contributed by atoms with Crippen molar-refractivity contribution in [3.63, 3.8) is 0 Å². The maximum atomic E-state index is 5.94. The average Bonchev–Trinajstić information content (AvgIpc) is 2.83. The summed E-state index contributed by atoms with van der Waals surface area (Å²) in [4.78, 5) is 8.99. The molecule has 2 N–H and O–H groups in total. The number of ether oxygens (including phenoxy) is 1. The van der Waals surface area contributed by atoms with Gasteiger partial charge in [0.05, 0.1) is 5.69 Å². The fourth-order valence-corrected chi connectivity index (χ4v) is 1.89. The third-order valence-electron chi connectivity index (χ3n) is 2.85. The minimum absolute atomic E-state index is 0.357. The maximum Gasteiger partial charge on any atom is 0.239 e. The molecule has 2 aromatic heterocycles. The van der Waals surface area contributed by atoms with E-state index in [2.05, 4.69) is 15.1 Å². The van der Waals surface area contributed by atoms with E-state index in [9.17, 15) is 0 Å². The zero-order chi connectivity index (χ0) is 15.6. The third kappa shape index (κ3) is 3.51. The van der Waals surface area contributed by atoms with Gasteiger partial charge in [-0.25, -0.2) is 4.98 Å². The van der Waals surface area contributed by atoms with Crippen LogP contribution >= 0.6 is 0 Å². The second-order valence-electron chi connectivity index (χ2n) is 5.84. The summed E-state index contributed by atoms with van der Waals surface area (Å²) in [5.41, 5.74) is 6.10. The van der Waals surface area contributed by atoms with Crippen LogP contribution in [-0.2, 0) is 12.8 Å². The Hall–Kier alpha value is -2.11. The molecule has 2 aromatic rings. The Balaban J connectivity index is 2.45. The fraction of sp³-hybridized carbons (Fsp3) is 0.533. The molecule has 21 heavy (non-hydrogen) atoms. The molecule has 0 atom stereocenters. The van der Waals surface area contributed by atoms with Crippen LogP contribution in [0, 0.1) is 0 Å². The standard InChI is InChI=1S/C15H23N5O/c1-6-11-17-12(7-2)20(19-11)13-9-8-10(16)14(18-13)21-15(3,4)5/h8-9H,6-7,16H2,1-5H3. The number of nitrogen functional groups attached to an aromatic ring is 1. The van der Waals surface area contributed by atoms with Gasteiger partial charge in [-0.2, -0.15) is 9.67 Å². The minimum Gasteiger partial charge on any atom is -0.470 e. The average molecular weight is 289 g/mol. The van der Waals surface area contributed by atoms with Crippen LogP contribution in [0.4, 0.5) is 5.69 Å². The Morgan fingerprint density at radius 2 is 1.86 bits per heavy atom. The van der Waals surface area contributed by atoms with Crippen LogP contribution in [0.5, 0.6) is 5.88 Å². The summed E-state index contributed by atoms with van der Waals surface area (Å²) in [5, 5.41) is 4.48. The number of hydrogen-bond acceptors (Lipinski definition) is 5. The highest BCUT2D eigenvalue weighted by Gasteiger charge is 2.17. The van der Waals surface area contributed by atoms with Crippen molar-refractivity contribution in [1.82, 2.24) is 19.7 Å². The third-order valence-corrected chi connectivity index (χ3v) is 2.85. The van der Waals surface area contributed by atoms with Gasteiger partial charge < -0.3 is 10.5 Å². The van der Waals surface area contributed by atoms with E-state index in [1.165, 1.54) is 0 Å². The van der Waals surface area contributed by atoms with E-state index < -0.39 is 0 Å². The van der Waals surface area contributed by atoms with Gasteiger partial charge in [-0.05, 0) is 32.9 Å². The molecule has 0 aromatic carbocycles. The molecule has 0 amide bonds. The van der Waals surface area contributed by atoms with Gasteiger partial charge in [0.2, 0.25) is 5.88 Å². The van der Waals surface area contributed by atoms with Crippen molar-refractivity contribution in [3.8, 4) is 11.7 Å². The summed E-state index contributed by atoms with van der Waals surface area (Å²) < 4.78 is 7.56. The highest BCUT2D eigenvalue weighted by atomic mass is 16.5. The second-order valence-corrected chi connectivity index (χ2v) is 5.84. The number of pyridine rings is 1. The van der Waals surface area contributed by atoms with Crippen molar-refractivity contribution in [3.05, 3.63) is 23.8 Å². The molecule has 0 radical (unpaired) electrons. The number of rotatable bonds is 4. The van der Waals surface area contributed by atoms with Gasteiger partial charge in [0.25, 0.3) is 0 Å². The molecule has 0 aliphatic heterocycles. The van der Waals surface area contributed by atoms with E-state index in [1.807, 2.05) is 40.7 Å². The van der Waals surface area contributed by atoms with Gasteiger partial charge >= 0.3 is 0 Å². The van der Waals surface area contributed by atoms with Gasteiger partial charge in [0.15, 0.2) is 11.6 Å². The first-order valence-electron chi connectivity index (χ1n) is 7.24. The smallest absolute Gasteiger partial charge is 0.239 e. The molecule has 0 aliphatic rings. The van der Waals surface area contributed by atoms with E-state index in [0.29, 0.717) is 17.4 Å². The summed E-state index contributed by atoms with van der Waals surface area (Å²) in [6.45, 7) is 9.96. The Morgan fingerprint density at radius 3 is 2.43 bits per heavy atom. The summed E-state index contributed by atoms with van der Waals surface area (Å²) in [6.07, 6.45) is 1.58. The highest BCUT2D eigenvalue weighted by Crippen LogP contribution is 2.24. The number of aromatic nitrogens is 4. The molecule has 0 bridgehead atoms. The van der Waals surface area contributed by atoms with Gasteiger partial charge in [-0.3, -0.25) is 0 Å². The summed E-state index contributed by atoms with van der Waals surface area (Å²) in [6, 6.07) is 3.62. The largest absolute Gasteiger partial charge is 0.470 e. The summed E-state index contributed by atoms with van der Waals surface area (Å²) in [7, 11) is 0. The van der Waals surface area contributed by atoms with Gasteiger partial charge in [0, 0.05) is 12.8 Å². The number of aryl methyl sites for hydroxylation is 2. The van der Waals surface area contributed by atoms with E-state index >= 15 is 0 Å². The Morgan fingerprint density at radius 1 is 1.14 bits per heavy atom. The van der Waals surface area contributed by atoms with Gasteiger partial charge in [-0.1, -0.05) is 13.8 Å². The first-order chi connectivity index (χ1) is 9.84. The van der Waals surface area contributed by atoms with Crippen molar-refractivity contribution >= 4 is 5.69 Å². The van der Waals surface area contributed by atoms with E-state index in [0.717, 1.165) is 24.5 Å². The lowest BCUT2D eigenvalue weighted by molar-refractivity contribution is 0.125. The quantitative estimate of drug-likeness (QED) is 0.935. The maximum absolute atomic E-state index is 5.94. The van der Waals surface area contributed by atoms with E-state index in [-0.39, 0.29) is 5.60 Å². The highest BCUT2D eigenvalue weighted by molar-refractivity contribution is 5.50. The molecule has 6 heteroatoms. The molecule has 114 valence electrons. The SMILES string of the molecule is CCc1nc(CC)n(-c2ccc(N)c(OC(C)(C)C)n2)n1. The molecule has 0 spiro atoms. The Kier molecular flexibility index (Phi) is 4.16. The molecular formula is C15H23N5O. The van der Waals surface area contributed by atoms with Crippen LogP contribution in [-0.4, -0.2) is 25.3 Å². The van der Waals surface area contributed by atoms with Crippen LogP contribution in [0.15, 0.2) is 12.1 Å². The number of hydrogen-bond donors (Lipinski definition) is 1. The molecule has 0 aliphatic carbocycles. The predicted molar refractivity (Wildman–Crippen MR) is 82.7 cm³/mol. The fourth-order valence-electron chi connectivity index (χ4n) is 1.89. The van der Waals surface area contributed by atoms with Crippen molar-refractivity contribution < 1.29 is 4.74 Å². The zero-order valence-corrected chi connectivity index (χ0v) is 13.3.